The maximum absolute atomic E-state index is 10.7. The van der Waals surface area contributed by atoms with Crippen LogP contribution in [0.15, 0.2) is 0 Å². The second-order valence-corrected chi connectivity index (χ2v) is 4.89. The Morgan fingerprint density at radius 2 is 2.27 bits per heavy atom. The zero-order chi connectivity index (χ0) is 10.8. The van der Waals surface area contributed by atoms with E-state index in [4.69, 9.17) is 10.8 Å². The number of hydrogen-bond donors (Lipinski definition) is 2. The molecule has 0 amide bonds. The highest BCUT2D eigenvalue weighted by molar-refractivity contribution is 5.69. The molecule has 3 rings (SSSR count). The van der Waals surface area contributed by atoms with Gasteiger partial charge >= 0.3 is 5.97 Å². The van der Waals surface area contributed by atoms with Gasteiger partial charge in [-0.3, -0.25) is 9.69 Å². The molecule has 3 fully saturated rings. The molecule has 2 saturated heterocycles. The molecule has 3 atom stereocenters. The summed E-state index contributed by atoms with van der Waals surface area (Å²) in [6, 6.07) is 0.502. The molecule has 0 aromatic heterocycles. The summed E-state index contributed by atoms with van der Waals surface area (Å²) >= 11 is 0. The zero-order valence-corrected chi connectivity index (χ0v) is 9.06. The van der Waals surface area contributed by atoms with Crippen LogP contribution < -0.4 is 5.73 Å². The smallest absolute Gasteiger partial charge is 0.317 e. The molecule has 2 aliphatic heterocycles. The number of carbonyl (C=O) groups is 1. The van der Waals surface area contributed by atoms with Crippen molar-refractivity contribution in [1.82, 2.24) is 4.90 Å². The zero-order valence-electron chi connectivity index (χ0n) is 9.06. The Bertz CT molecular complexity index is 245. The van der Waals surface area contributed by atoms with Gasteiger partial charge < -0.3 is 10.8 Å². The van der Waals surface area contributed by atoms with Crippen LogP contribution in [0.1, 0.15) is 25.7 Å². The number of nitrogens with two attached hydrogens (primary N) is 1. The molecule has 2 heterocycles. The largest absolute Gasteiger partial charge is 0.480 e. The topological polar surface area (TPSA) is 66.6 Å². The number of carboxylic acid groups (broad SMARTS) is 1. The highest BCUT2D eigenvalue weighted by Gasteiger charge is 2.40. The van der Waals surface area contributed by atoms with E-state index in [1.165, 1.54) is 12.8 Å². The lowest BCUT2D eigenvalue weighted by atomic mass is 9.71. The van der Waals surface area contributed by atoms with Crippen molar-refractivity contribution in [3.8, 4) is 0 Å². The third kappa shape index (κ3) is 2.32. The Balaban J connectivity index is 1.93. The van der Waals surface area contributed by atoms with Gasteiger partial charge in [0.25, 0.3) is 0 Å². The van der Waals surface area contributed by atoms with Crippen LogP contribution in [0, 0.1) is 11.8 Å². The highest BCUT2D eigenvalue weighted by Crippen LogP contribution is 2.40. The molecule has 1 aliphatic carbocycles. The molecule has 3 unspecified atom stereocenters. The molecule has 0 spiro atoms. The molecule has 3 N–H and O–H groups in total. The first-order chi connectivity index (χ1) is 7.20. The number of nitrogens with zero attached hydrogens (tertiary/aromatic N) is 1. The van der Waals surface area contributed by atoms with Gasteiger partial charge in [-0.15, -0.1) is 0 Å². The molecule has 0 aromatic carbocycles. The monoisotopic (exact) mass is 212 g/mol. The fourth-order valence-electron chi connectivity index (χ4n) is 3.26. The molecule has 4 heteroatoms. The van der Waals surface area contributed by atoms with Crippen LogP contribution in [0.5, 0.6) is 0 Å². The summed E-state index contributed by atoms with van der Waals surface area (Å²) in [5, 5.41) is 8.80. The number of piperidine rings is 2. The van der Waals surface area contributed by atoms with Crippen molar-refractivity contribution in [1.29, 1.82) is 0 Å². The van der Waals surface area contributed by atoms with Crippen molar-refractivity contribution in [2.24, 2.45) is 17.6 Å². The fraction of sp³-hybridized carbons (Fsp3) is 0.909. The van der Waals surface area contributed by atoms with Crippen LogP contribution in [-0.4, -0.2) is 41.7 Å². The molecule has 86 valence electrons. The van der Waals surface area contributed by atoms with Crippen molar-refractivity contribution in [3.05, 3.63) is 0 Å². The predicted octanol–water partition coefficient (Wildman–Crippen LogP) is 0.520. The maximum atomic E-state index is 10.7. The van der Waals surface area contributed by atoms with Gasteiger partial charge in [0.1, 0.15) is 0 Å². The minimum Gasteiger partial charge on any atom is -0.480 e. The number of rotatable bonds is 4. The summed E-state index contributed by atoms with van der Waals surface area (Å²) in [7, 11) is 0. The van der Waals surface area contributed by atoms with Crippen molar-refractivity contribution in [3.63, 3.8) is 0 Å². The number of aliphatic carboxylic acids is 1. The summed E-state index contributed by atoms with van der Waals surface area (Å²) in [4.78, 5) is 12.8. The van der Waals surface area contributed by atoms with Crippen LogP contribution >= 0.6 is 0 Å². The molecule has 15 heavy (non-hydrogen) atoms. The van der Waals surface area contributed by atoms with Gasteiger partial charge in [-0.1, -0.05) is 0 Å². The lowest BCUT2D eigenvalue weighted by Gasteiger charge is -2.49. The Morgan fingerprint density at radius 3 is 2.80 bits per heavy atom. The lowest BCUT2D eigenvalue weighted by Crippen LogP contribution is -2.53. The summed E-state index contributed by atoms with van der Waals surface area (Å²) in [5.74, 6) is 0.745. The normalized spacial score (nSPS) is 35.7. The van der Waals surface area contributed by atoms with E-state index >= 15 is 0 Å². The third-order valence-corrected chi connectivity index (χ3v) is 3.97. The Morgan fingerprint density at radius 1 is 1.47 bits per heavy atom. The summed E-state index contributed by atoms with van der Waals surface area (Å²) in [6.45, 7) is 1.96. The Labute approximate surface area is 90.4 Å². The van der Waals surface area contributed by atoms with Gasteiger partial charge in [0, 0.05) is 12.6 Å². The molecule has 0 radical (unpaired) electrons. The lowest BCUT2D eigenvalue weighted by molar-refractivity contribution is -0.141. The van der Waals surface area contributed by atoms with Gasteiger partial charge in [0.05, 0.1) is 6.54 Å². The molecule has 3 aliphatic rings. The van der Waals surface area contributed by atoms with Crippen molar-refractivity contribution in [2.45, 2.75) is 31.7 Å². The predicted molar refractivity (Wildman–Crippen MR) is 57.5 cm³/mol. The quantitative estimate of drug-likeness (QED) is 0.713. The standard InChI is InChI=1S/C11H20N2O2/c12-4-3-8-5-10-2-1-9(8)6-13(10)7-11(14)15/h8-10H,1-7,12H2,(H,14,15). The summed E-state index contributed by atoms with van der Waals surface area (Å²) < 4.78 is 0. The summed E-state index contributed by atoms with van der Waals surface area (Å²) in [6.07, 6.45) is 4.72. The SMILES string of the molecule is NCCC1CC2CCC1CN2CC(=O)O. The first kappa shape index (κ1) is 10.9. The molecule has 0 aromatic rings. The van der Waals surface area contributed by atoms with Crippen LogP contribution in [0.25, 0.3) is 0 Å². The second kappa shape index (κ2) is 4.49. The second-order valence-electron chi connectivity index (χ2n) is 4.89. The van der Waals surface area contributed by atoms with E-state index in [2.05, 4.69) is 4.90 Å². The van der Waals surface area contributed by atoms with Crippen LogP contribution in [0.4, 0.5) is 0 Å². The maximum Gasteiger partial charge on any atom is 0.317 e. The number of hydrogen-bond acceptors (Lipinski definition) is 3. The van der Waals surface area contributed by atoms with Gasteiger partial charge in [-0.25, -0.2) is 0 Å². The van der Waals surface area contributed by atoms with E-state index in [1.807, 2.05) is 0 Å². The van der Waals surface area contributed by atoms with Crippen LogP contribution in [-0.2, 0) is 4.79 Å². The molecule has 2 bridgehead atoms. The van der Waals surface area contributed by atoms with E-state index in [0.717, 1.165) is 31.8 Å². The number of carboxylic acids is 1. The van der Waals surface area contributed by atoms with Crippen molar-refractivity contribution >= 4 is 5.97 Å². The van der Waals surface area contributed by atoms with Crippen molar-refractivity contribution in [2.75, 3.05) is 19.6 Å². The highest BCUT2D eigenvalue weighted by atomic mass is 16.4. The minimum atomic E-state index is -0.696. The van der Waals surface area contributed by atoms with Crippen LogP contribution in [0.3, 0.4) is 0 Å². The van der Waals surface area contributed by atoms with E-state index in [-0.39, 0.29) is 6.54 Å². The summed E-state index contributed by atoms with van der Waals surface area (Å²) in [5.41, 5.74) is 5.60. The first-order valence-electron chi connectivity index (χ1n) is 5.86. The van der Waals surface area contributed by atoms with E-state index in [0.29, 0.717) is 12.0 Å². The Kier molecular flexibility index (Phi) is 3.26. The first-order valence-corrected chi connectivity index (χ1v) is 5.86. The molecule has 1 saturated carbocycles. The molecule has 4 nitrogen and oxygen atoms in total. The molecular formula is C11H20N2O2. The van der Waals surface area contributed by atoms with Crippen molar-refractivity contribution < 1.29 is 9.90 Å². The van der Waals surface area contributed by atoms with E-state index in [9.17, 15) is 4.79 Å². The average molecular weight is 212 g/mol. The molecular weight excluding hydrogens is 192 g/mol. The fourth-order valence-corrected chi connectivity index (χ4v) is 3.26. The van der Waals surface area contributed by atoms with E-state index < -0.39 is 5.97 Å². The number of fused-ring (bicyclic) bond motifs is 3. The third-order valence-electron chi connectivity index (χ3n) is 3.97. The average Bonchev–Trinajstić information content (AvgIpc) is 2.19. The van der Waals surface area contributed by atoms with Gasteiger partial charge in [-0.05, 0) is 44.1 Å². The van der Waals surface area contributed by atoms with Gasteiger partial charge in [0.15, 0.2) is 0 Å². The Hall–Kier alpha value is -0.610. The minimum absolute atomic E-state index is 0.219. The van der Waals surface area contributed by atoms with Crippen LogP contribution in [0.2, 0.25) is 0 Å². The van der Waals surface area contributed by atoms with Gasteiger partial charge in [-0.2, -0.15) is 0 Å². The van der Waals surface area contributed by atoms with E-state index in [1.54, 1.807) is 0 Å². The van der Waals surface area contributed by atoms with Gasteiger partial charge in [0.2, 0.25) is 0 Å².